The maximum Gasteiger partial charge on any atom is 0.239 e. The third kappa shape index (κ3) is 2.15. The molecule has 1 aromatic carbocycles. The Hall–Kier alpha value is -1.00. The molecule has 0 aromatic heterocycles. The second kappa shape index (κ2) is 4.59. The molecule has 1 aliphatic rings. The van der Waals surface area contributed by atoms with Crippen LogP contribution < -0.4 is 4.74 Å². The van der Waals surface area contributed by atoms with Crippen LogP contribution in [0.1, 0.15) is 24.3 Å². The van der Waals surface area contributed by atoms with Crippen molar-refractivity contribution in [1.29, 1.82) is 0 Å². The van der Waals surface area contributed by atoms with E-state index in [1.807, 2.05) is 24.3 Å². The molecule has 1 saturated carbocycles. The molecule has 0 heterocycles. The molecule has 98 valence electrons. The zero-order chi connectivity index (χ0) is 13.4. The largest absolute Gasteiger partial charge is 0.497 e. The summed E-state index contributed by atoms with van der Waals surface area (Å²) in [6.07, 6.45) is 2.53. The van der Waals surface area contributed by atoms with Gasteiger partial charge in [-0.1, -0.05) is 18.2 Å². The van der Waals surface area contributed by atoms with Crippen LogP contribution in [0.2, 0.25) is 0 Å². The van der Waals surface area contributed by atoms with Crippen LogP contribution in [0.3, 0.4) is 0 Å². The molecule has 2 rings (SSSR count). The molecule has 3 nitrogen and oxygen atoms in total. The summed E-state index contributed by atoms with van der Waals surface area (Å²) in [5.74, 6) is 0.645. The molecule has 0 spiro atoms. The first-order valence-corrected chi connectivity index (χ1v) is 7.94. The van der Waals surface area contributed by atoms with E-state index in [9.17, 15) is 8.42 Å². The summed E-state index contributed by atoms with van der Waals surface area (Å²) >= 11 is 0. The van der Waals surface area contributed by atoms with E-state index in [1.165, 1.54) is 0 Å². The molecular formula is C13H15ClO3S. The first-order chi connectivity index (χ1) is 8.44. The third-order valence-electron chi connectivity index (χ3n) is 3.50. The van der Waals surface area contributed by atoms with Crippen molar-refractivity contribution in [2.75, 3.05) is 7.11 Å². The molecule has 1 fully saturated rings. The summed E-state index contributed by atoms with van der Waals surface area (Å²) in [6.45, 7) is 3.61. The van der Waals surface area contributed by atoms with Gasteiger partial charge in [-0.15, -0.1) is 6.58 Å². The molecule has 1 aromatic rings. The Kier molecular flexibility index (Phi) is 3.43. The Morgan fingerprint density at radius 1 is 1.61 bits per heavy atom. The molecular weight excluding hydrogens is 272 g/mol. The molecule has 18 heavy (non-hydrogen) atoms. The predicted octanol–water partition coefficient (Wildman–Crippen LogP) is 3.07. The van der Waals surface area contributed by atoms with Crippen LogP contribution in [0.25, 0.3) is 0 Å². The van der Waals surface area contributed by atoms with E-state index in [4.69, 9.17) is 15.4 Å². The standard InChI is InChI=1S/C13H15ClO3S/c1-3-7-13(18(14,15)16)9-12(13)10-5-4-6-11(8-10)17-2/h3-6,8,12H,1,7,9H2,2H3. The monoisotopic (exact) mass is 286 g/mol. The molecule has 1 aliphatic carbocycles. The Bertz CT molecular complexity index is 567. The van der Waals surface area contributed by atoms with Crippen LogP contribution in [-0.2, 0) is 9.05 Å². The highest BCUT2D eigenvalue weighted by atomic mass is 35.7. The molecule has 0 aliphatic heterocycles. The Labute approximate surface area is 112 Å². The Balaban J connectivity index is 2.34. The van der Waals surface area contributed by atoms with Crippen molar-refractivity contribution < 1.29 is 13.2 Å². The summed E-state index contributed by atoms with van der Waals surface area (Å²) < 4.78 is 27.7. The van der Waals surface area contributed by atoms with Gasteiger partial charge in [0.2, 0.25) is 9.05 Å². The van der Waals surface area contributed by atoms with Gasteiger partial charge in [0.25, 0.3) is 0 Å². The van der Waals surface area contributed by atoms with E-state index in [0.717, 1.165) is 11.3 Å². The number of ether oxygens (including phenoxy) is 1. The Morgan fingerprint density at radius 3 is 2.89 bits per heavy atom. The van der Waals surface area contributed by atoms with Crippen molar-refractivity contribution in [3.8, 4) is 5.75 Å². The lowest BCUT2D eigenvalue weighted by atomic mass is 10.1. The highest BCUT2D eigenvalue weighted by Gasteiger charge is 2.62. The van der Waals surface area contributed by atoms with Crippen LogP contribution in [0.5, 0.6) is 5.75 Å². The topological polar surface area (TPSA) is 43.4 Å². The quantitative estimate of drug-likeness (QED) is 0.617. The number of benzene rings is 1. The van der Waals surface area contributed by atoms with E-state index in [2.05, 4.69) is 6.58 Å². The molecule has 0 N–H and O–H groups in total. The zero-order valence-electron chi connectivity index (χ0n) is 10.1. The second-order valence-electron chi connectivity index (χ2n) is 4.53. The second-order valence-corrected chi connectivity index (χ2v) is 7.44. The molecule has 5 heteroatoms. The van der Waals surface area contributed by atoms with Crippen LogP contribution in [0.15, 0.2) is 36.9 Å². The fraction of sp³-hybridized carbons (Fsp3) is 0.385. The molecule has 0 saturated heterocycles. The fourth-order valence-electron chi connectivity index (χ4n) is 2.41. The minimum absolute atomic E-state index is 0.0758. The van der Waals surface area contributed by atoms with Gasteiger partial charge in [0, 0.05) is 16.6 Å². The molecule has 2 unspecified atom stereocenters. The number of hydrogen-bond acceptors (Lipinski definition) is 3. The average molecular weight is 287 g/mol. The fourth-order valence-corrected chi connectivity index (χ4v) is 4.26. The van der Waals surface area contributed by atoms with Crippen molar-refractivity contribution in [2.45, 2.75) is 23.5 Å². The summed E-state index contributed by atoms with van der Waals surface area (Å²) in [5, 5.41) is 0. The summed E-state index contributed by atoms with van der Waals surface area (Å²) in [5.41, 5.74) is 0.945. The smallest absolute Gasteiger partial charge is 0.239 e. The summed E-state index contributed by atoms with van der Waals surface area (Å²) in [4.78, 5) is 0. The number of methoxy groups -OCH3 is 1. The highest BCUT2D eigenvalue weighted by molar-refractivity contribution is 8.15. The van der Waals surface area contributed by atoms with E-state index in [0.29, 0.717) is 12.8 Å². The minimum atomic E-state index is -3.61. The van der Waals surface area contributed by atoms with Gasteiger partial charge >= 0.3 is 0 Å². The average Bonchev–Trinajstić information content (AvgIpc) is 3.05. The van der Waals surface area contributed by atoms with Crippen molar-refractivity contribution in [1.82, 2.24) is 0 Å². The van der Waals surface area contributed by atoms with E-state index >= 15 is 0 Å². The van der Waals surface area contributed by atoms with Gasteiger partial charge in [0.1, 0.15) is 5.75 Å². The lowest BCUT2D eigenvalue weighted by Crippen LogP contribution is -2.19. The van der Waals surface area contributed by atoms with Gasteiger partial charge in [-0.2, -0.15) is 0 Å². The van der Waals surface area contributed by atoms with Gasteiger partial charge < -0.3 is 4.74 Å². The number of allylic oxidation sites excluding steroid dienone is 1. The number of rotatable bonds is 5. The first-order valence-electron chi connectivity index (χ1n) is 5.63. The van der Waals surface area contributed by atoms with Crippen LogP contribution >= 0.6 is 10.7 Å². The van der Waals surface area contributed by atoms with Crippen molar-refractivity contribution >= 4 is 19.7 Å². The van der Waals surface area contributed by atoms with Gasteiger partial charge in [-0.25, -0.2) is 8.42 Å². The summed E-state index contributed by atoms with van der Waals surface area (Å²) in [6, 6.07) is 7.44. The van der Waals surface area contributed by atoms with E-state index in [-0.39, 0.29) is 5.92 Å². The normalized spacial score (nSPS) is 26.7. The molecule has 0 amide bonds. The lowest BCUT2D eigenvalue weighted by Gasteiger charge is -2.12. The van der Waals surface area contributed by atoms with Gasteiger partial charge in [0.05, 0.1) is 11.9 Å². The third-order valence-corrected chi connectivity index (χ3v) is 6.01. The van der Waals surface area contributed by atoms with Crippen LogP contribution in [0.4, 0.5) is 0 Å². The van der Waals surface area contributed by atoms with Gasteiger partial charge in [-0.3, -0.25) is 0 Å². The molecule has 0 radical (unpaired) electrons. The van der Waals surface area contributed by atoms with Crippen LogP contribution in [0, 0.1) is 0 Å². The Morgan fingerprint density at radius 2 is 2.33 bits per heavy atom. The minimum Gasteiger partial charge on any atom is -0.497 e. The molecule has 0 bridgehead atoms. The van der Waals surface area contributed by atoms with Gasteiger partial charge in [0.15, 0.2) is 0 Å². The lowest BCUT2D eigenvalue weighted by molar-refractivity contribution is 0.414. The SMILES string of the molecule is C=CCC1(S(=O)(=O)Cl)CC1c1cccc(OC)c1. The predicted molar refractivity (Wildman–Crippen MR) is 72.7 cm³/mol. The van der Waals surface area contributed by atoms with Crippen molar-refractivity contribution in [2.24, 2.45) is 0 Å². The van der Waals surface area contributed by atoms with E-state index in [1.54, 1.807) is 13.2 Å². The molecule has 2 atom stereocenters. The van der Waals surface area contributed by atoms with E-state index < -0.39 is 13.8 Å². The number of hydrogen-bond donors (Lipinski definition) is 0. The van der Waals surface area contributed by atoms with Crippen molar-refractivity contribution in [3.05, 3.63) is 42.5 Å². The number of halogens is 1. The van der Waals surface area contributed by atoms with Crippen molar-refractivity contribution in [3.63, 3.8) is 0 Å². The van der Waals surface area contributed by atoms with Gasteiger partial charge in [-0.05, 0) is 30.5 Å². The van der Waals surface area contributed by atoms with Crippen LogP contribution in [-0.4, -0.2) is 20.3 Å². The first kappa shape index (κ1) is 13.4. The maximum absolute atomic E-state index is 11.7. The zero-order valence-corrected chi connectivity index (χ0v) is 11.7. The maximum atomic E-state index is 11.7. The highest BCUT2D eigenvalue weighted by Crippen LogP contribution is 2.60. The summed E-state index contributed by atoms with van der Waals surface area (Å²) in [7, 11) is 3.55.